The van der Waals surface area contributed by atoms with Gasteiger partial charge in [-0.05, 0) is 6.92 Å². The molecule has 0 bridgehead atoms. The largest absolute Gasteiger partial charge is 0.394 e. The third-order valence-corrected chi connectivity index (χ3v) is 22.8. The van der Waals surface area contributed by atoms with Crippen LogP contribution in [0, 0.1) is 0 Å². The van der Waals surface area contributed by atoms with Crippen molar-refractivity contribution >= 4 is 29.5 Å². The van der Waals surface area contributed by atoms with E-state index in [4.69, 9.17) is 90.0 Å². The van der Waals surface area contributed by atoms with Crippen LogP contribution in [0.4, 0.5) is 0 Å². The van der Waals surface area contributed by atoms with E-state index in [9.17, 15) is 157 Å². The first-order valence-electron chi connectivity index (χ1n) is 40.0. The third-order valence-electron chi connectivity index (χ3n) is 22.8. The molecule has 10 fully saturated rings. The van der Waals surface area contributed by atoms with Crippen molar-refractivity contribution in [3.8, 4) is 0 Å². The van der Waals surface area contributed by atoms with Crippen LogP contribution in [0.1, 0.15) is 41.5 Å². The highest BCUT2D eigenvalue weighted by atomic mass is 16.8. The monoisotopic (exact) mass is 1830 g/mol. The summed E-state index contributed by atoms with van der Waals surface area (Å²) < 4.78 is 113. The van der Waals surface area contributed by atoms with Crippen LogP contribution in [-0.4, -0.2) is 529 Å². The molecule has 0 aromatic carbocycles. The van der Waals surface area contributed by atoms with Crippen LogP contribution in [0.15, 0.2) is 0 Å². The molecule has 722 valence electrons. The van der Waals surface area contributed by atoms with E-state index in [-0.39, 0.29) is 0 Å². The third kappa shape index (κ3) is 23.1. The lowest BCUT2D eigenvalue weighted by atomic mass is 9.93. The van der Waals surface area contributed by atoms with Crippen molar-refractivity contribution in [1.82, 2.24) is 26.6 Å². The van der Waals surface area contributed by atoms with Gasteiger partial charge >= 0.3 is 0 Å². The van der Waals surface area contributed by atoms with Crippen molar-refractivity contribution in [2.75, 3.05) is 59.5 Å². The number of carbonyl (C=O) groups excluding carboxylic acids is 5. The van der Waals surface area contributed by atoms with Gasteiger partial charge in [0.1, 0.15) is 238 Å². The summed E-state index contributed by atoms with van der Waals surface area (Å²) in [5.74, 6) is -4.41. The van der Waals surface area contributed by atoms with Gasteiger partial charge in [0.15, 0.2) is 62.9 Å². The van der Waals surface area contributed by atoms with Crippen LogP contribution >= 0.6 is 0 Å². The minimum Gasteiger partial charge on any atom is -0.394 e. The quantitative estimate of drug-likeness (QED) is 0.0297. The molecular weight excluding hydrogens is 1710 g/mol. The number of aliphatic hydroxyl groups excluding tert-OH is 26. The molecule has 0 aliphatic carbocycles. The van der Waals surface area contributed by atoms with E-state index in [1.807, 2.05) is 0 Å². The van der Waals surface area contributed by atoms with Gasteiger partial charge in [0, 0.05) is 34.6 Å². The van der Waals surface area contributed by atoms with Crippen LogP contribution in [0.25, 0.3) is 0 Å². The predicted molar refractivity (Wildman–Crippen MR) is 386 cm³/mol. The second-order valence-corrected chi connectivity index (χ2v) is 31.7. The van der Waals surface area contributed by atoms with Gasteiger partial charge in [0.05, 0.1) is 65.6 Å². The normalized spacial score (nSPS) is 48.7. The zero-order chi connectivity index (χ0) is 92.1. The van der Waals surface area contributed by atoms with Gasteiger partial charge in [0.25, 0.3) is 0 Å². The highest BCUT2D eigenvalue weighted by molar-refractivity contribution is 5.75. The Bertz CT molecular complexity index is 3420. The van der Waals surface area contributed by atoms with Crippen LogP contribution < -0.4 is 26.6 Å². The van der Waals surface area contributed by atoms with E-state index in [2.05, 4.69) is 26.6 Å². The maximum absolute atomic E-state index is 13.3. The first kappa shape index (κ1) is 103. The number of rotatable bonds is 32. The molecule has 5 amide bonds. The zero-order valence-corrected chi connectivity index (χ0v) is 67.7. The maximum Gasteiger partial charge on any atom is 0.217 e. The number of hydrogen-bond donors (Lipinski definition) is 31. The molecule has 10 rings (SSSR count). The van der Waals surface area contributed by atoms with Gasteiger partial charge in [-0.15, -0.1) is 0 Å². The summed E-state index contributed by atoms with van der Waals surface area (Å²) in [6.45, 7) is -3.49. The van der Waals surface area contributed by atoms with Crippen LogP contribution in [0.2, 0.25) is 0 Å². The Kier molecular flexibility index (Phi) is 36.8. The van der Waals surface area contributed by atoms with Gasteiger partial charge in [-0.1, -0.05) is 0 Å². The molecule has 10 aliphatic rings. The second-order valence-electron chi connectivity index (χ2n) is 31.7. The fourth-order valence-corrected chi connectivity index (χ4v) is 16.2. The molecule has 125 heavy (non-hydrogen) atoms. The second kappa shape index (κ2) is 44.9. The summed E-state index contributed by atoms with van der Waals surface area (Å²) in [7, 11) is 0. The van der Waals surface area contributed by atoms with Gasteiger partial charge in [-0.2, -0.15) is 0 Å². The van der Waals surface area contributed by atoms with E-state index in [1.165, 1.54) is 6.92 Å². The topological polar surface area (TPSA) is 847 Å². The smallest absolute Gasteiger partial charge is 0.217 e. The van der Waals surface area contributed by atoms with Crippen LogP contribution in [0.3, 0.4) is 0 Å². The Morgan fingerprint density at radius 3 is 0.968 bits per heavy atom. The van der Waals surface area contributed by atoms with Gasteiger partial charge in [-0.25, -0.2) is 0 Å². The molecule has 0 radical (unpaired) electrons. The molecule has 10 heterocycles. The molecule has 31 N–H and O–H groups in total. The van der Waals surface area contributed by atoms with Gasteiger partial charge in [0.2, 0.25) is 29.5 Å². The first-order chi connectivity index (χ1) is 59.1. The number of amides is 5. The van der Waals surface area contributed by atoms with Crippen molar-refractivity contribution in [1.29, 1.82) is 0 Å². The number of hydrogen-bond acceptors (Lipinski definition) is 50. The molecule has 0 aromatic rings. The molecule has 0 spiro atoms. The highest BCUT2D eigenvalue weighted by Crippen LogP contribution is 2.40. The van der Waals surface area contributed by atoms with Gasteiger partial charge in [-0.3, -0.25) is 24.0 Å². The summed E-state index contributed by atoms with van der Waals surface area (Å²) >= 11 is 0. The molecule has 10 saturated heterocycles. The molecule has 55 nitrogen and oxygen atoms in total. The van der Waals surface area contributed by atoms with Crippen molar-refractivity contribution in [3.05, 3.63) is 0 Å². The van der Waals surface area contributed by atoms with E-state index in [0.29, 0.717) is 0 Å². The van der Waals surface area contributed by atoms with Crippen molar-refractivity contribution in [3.63, 3.8) is 0 Å². The lowest BCUT2D eigenvalue weighted by Gasteiger charge is -2.51. The average molecular weight is 1830 g/mol. The fourth-order valence-electron chi connectivity index (χ4n) is 16.2. The Morgan fingerprint density at radius 2 is 0.504 bits per heavy atom. The number of carbonyl (C=O) groups is 5. The minimum absolute atomic E-state index is 0.802. The number of nitrogens with one attached hydrogen (secondary N) is 5. The van der Waals surface area contributed by atoms with E-state index in [1.54, 1.807) is 0 Å². The lowest BCUT2D eigenvalue weighted by Crippen LogP contribution is -2.71. The maximum atomic E-state index is 13.3. The van der Waals surface area contributed by atoms with Crippen molar-refractivity contribution in [2.24, 2.45) is 0 Å². The number of ether oxygens (including phenoxy) is 19. The zero-order valence-electron chi connectivity index (χ0n) is 67.7. The standard InChI is InChI=1S/C70H117N5O50/c1-16-36(88)47(99)60(125-67-50(102)46(98)39(91)24(9-78)114-67)70(109-16)108-15-30-57(44(96)31(61(106)110-30)71-17(2)83)121-64-34(74-20(5)86)45(97)54(26(11-80)115-64)122-69-53(105)59(41(93)29(118-69)14-107-66-51(103)48(100)55(27(12-81)116-66)119-62-32(72-18(3)84)42(94)37(89)22(7-76)111-62)124-68-52(104)49(101)56(28(13-82)117-68)120-65-35(75-21(6)87)58(40(92)25(10-79)113-65)123-63-33(73-19(4)85)43(95)38(90)23(8-77)112-63/h16,22-70,76-82,88-106H,7-15H2,1-6H3,(H,71,83)(H,72,84)(H,73,85)(H,74,86)(H,75,87)/t16-,22+,23+,24+,25+,26+,27+,28+,29+,30+,31+,32+,33+,34+,35+,36+,37+,38+,39-,40+,41+,42+,43+,44+,45+,46-,47+,48+,49+,50+,51-,52-,53-,54+,55+,56+,57+,58+,59-,60-,61-,62-,63-,64-,65-,66-,67+,68+,69-,70+/m0/s1. The molecule has 0 unspecified atom stereocenters. The molecule has 55 heteroatoms. The van der Waals surface area contributed by atoms with Crippen molar-refractivity contribution < 1.29 is 247 Å². The molecule has 0 aromatic heterocycles. The molecule has 50 atom stereocenters. The fraction of sp³-hybridized carbons (Fsp3) is 0.929. The summed E-state index contributed by atoms with van der Waals surface area (Å²) in [6, 6.07) is -9.03. The minimum atomic E-state index is -2.56. The summed E-state index contributed by atoms with van der Waals surface area (Å²) in [4.78, 5) is 63.6. The van der Waals surface area contributed by atoms with Crippen molar-refractivity contribution in [2.45, 2.75) is 348 Å². The SMILES string of the molecule is CC(=O)N[C@@H]1[C@@H](O)[C@H](O[C@@H]2O[C@H](CO)[C@@H](O[C@@H]3O[C@H](CO[C@H]4O[C@H](CO)[C@@H](O[C@@H]5O[C@H](CO)[C@@H](O)[C@H](O)[C@H]5NC(C)=O)[C@H](O)[C@@H]4O)[C@@H](O)[C@H](O[C@H]4O[C@H](CO)[C@@H](O[C@@H]5O[C@H](CO)[C@@H](O)[C@H](O[C@@H]6O[C@H](CO)[C@@H](O)[C@H](O)[C@H]6NC(C)=O)[C@H]5NC(C)=O)[C@H](O)[C@@H]4O)[C@@H]3O)[C@H](O)[C@H]2NC(C)=O)[C@@H](CO[C@@H]2O[C@@H](C)[C@@H](O)[C@@H](O)[C@@H]2O[C@H]2O[C@H](CO)[C@H](O)[C@H](O)[C@H]2O)O[C@@H]1O. The average Bonchev–Trinajstić information content (AvgIpc) is 0.919. The van der Waals surface area contributed by atoms with Gasteiger partial charge < -0.3 is 249 Å². The highest BCUT2D eigenvalue weighted by Gasteiger charge is 2.62. The Labute approximate surface area is 708 Å². The first-order valence-corrected chi connectivity index (χ1v) is 40.0. The number of aliphatic hydroxyl groups is 26. The summed E-state index contributed by atoms with van der Waals surface area (Å²) in [5.41, 5.74) is 0. The lowest BCUT2D eigenvalue weighted by molar-refractivity contribution is -0.392. The molecule has 0 saturated carbocycles. The Morgan fingerprint density at radius 1 is 0.224 bits per heavy atom. The Hall–Kier alpha value is -4.45. The summed E-state index contributed by atoms with van der Waals surface area (Å²) in [6.07, 6.45) is -91.5. The summed E-state index contributed by atoms with van der Waals surface area (Å²) in [5, 5.41) is 303. The molecule has 10 aliphatic heterocycles. The van der Waals surface area contributed by atoms with E-state index < -0.39 is 396 Å². The van der Waals surface area contributed by atoms with E-state index in [0.717, 1.165) is 34.6 Å². The predicted octanol–water partition coefficient (Wildman–Crippen LogP) is -21.1. The van der Waals surface area contributed by atoms with Crippen LogP contribution in [-0.2, 0) is 114 Å². The molecular formula is C70H117N5O50. The Balaban J connectivity index is 0.929. The van der Waals surface area contributed by atoms with E-state index >= 15 is 0 Å². The van der Waals surface area contributed by atoms with Crippen LogP contribution in [0.5, 0.6) is 0 Å².